The van der Waals surface area contributed by atoms with Gasteiger partial charge in [-0.25, -0.2) is 5.01 Å². The monoisotopic (exact) mass is 241 g/mol. The van der Waals surface area contributed by atoms with Gasteiger partial charge in [-0.3, -0.25) is 9.59 Å². The smallest absolute Gasteiger partial charge is 0.267 e. The van der Waals surface area contributed by atoms with Crippen LogP contribution in [0.1, 0.15) is 26.7 Å². The summed E-state index contributed by atoms with van der Waals surface area (Å²) in [4.78, 5) is 23.0. The van der Waals surface area contributed by atoms with Crippen LogP contribution in [0.2, 0.25) is 0 Å². The molecule has 6 nitrogen and oxygen atoms in total. The number of carbonyl (C=O) groups excluding carboxylic acids is 2. The third-order valence-electron chi connectivity index (χ3n) is 2.79. The van der Waals surface area contributed by atoms with E-state index in [1.807, 2.05) is 13.8 Å². The molecule has 0 bridgehead atoms. The summed E-state index contributed by atoms with van der Waals surface area (Å²) in [5.74, 6) is -0.256. The maximum atomic E-state index is 11.8. The fraction of sp³-hybridized carbons (Fsp3) is 0.727. The molecule has 0 fully saturated rings. The van der Waals surface area contributed by atoms with E-state index in [0.29, 0.717) is 18.6 Å². The van der Waals surface area contributed by atoms with Gasteiger partial charge < -0.3 is 10.4 Å². The highest BCUT2D eigenvalue weighted by molar-refractivity contribution is 6.39. The predicted octanol–water partition coefficient (Wildman–Crippen LogP) is -0.272. The third-order valence-corrected chi connectivity index (χ3v) is 2.79. The molecule has 0 spiro atoms. The van der Waals surface area contributed by atoms with Crippen LogP contribution in [0, 0.1) is 5.92 Å². The number of amides is 2. The molecule has 1 rings (SSSR count). The Morgan fingerprint density at radius 1 is 1.53 bits per heavy atom. The van der Waals surface area contributed by atoms with Crippen molar-refractivity contribution in [2.75, 3.05) is 13.7 Å². The number of hydrazone groups is 1. The van der Waals surface area contributed by atoms with E-state index in [1.165, 1.54) is 12.1 Å². The molecule has 2 N–H and O–H groups in total. The number of carbonyl (C=O) groups is 2. The summed E-state index contributed by atoms with van der Waals surface area (Å²) in [7, 11) is 1.53. The Bertz CT molecular complexity index is 339. The van der Waals surface area contributed by atoms with Crippen LogP contribution in [0.3, 0.4) is 0 Å². The lowest BCUT2D eigenvalue weighted by molar-refractivity contribution is -0.130. The van der Waals surface area contributed by atoms with Crippen LogP contribution < -0.4 is 5.32 Å². The topological polar surface area (TPSA) is 82.0 Å². The first-order valence-electron chi connectivity index (χ1n) is 5.71. The zero-order chi connectivity index (χ0) is 13.0. The second kappa shape index (κ2) is 5.77. The van der Waals surface area contributed by atoms with Gasteiger partial charge in [-0.15, -0.1) is 0 Å². The van der Waals surface area contributed by atoms with Gasteiger partial charge >= 0.3 is 0 Å². The molecular formula is C11H19N3O3. The number of aliphatic hydroxyl groups is 1. The first kappa shape index (κ1) is 13.6. The van der Waals surface area contributed by atoms with Gasteiger partial charge in [0.1, 0.15) is 5.71 Å². The van der Waals surface area contributed by atoms with Crippen molar-refractivity contribution in [3.63, 3.8) is 0 Å². The van der Waals surface area contributed by atoms with Gasteiger partial charge in [0.15, 0.2) is 0 Å². The van der Waals surface area contributed by atoms with E-state index in [1.54, 1.807) is 0 Å². The van der Waals surface area contributed by atoms with Crippen LogP contribution in [-0.4, -0.2) is 47.3 Å². The molecule has 17 heavy (non-hydrogen) atoms. The van der Waals surface area contributed by atoms with Gasteiger partial charge in [-0.2, -0.15) is 5.10 Å². The third kappa shape index (κ3) is 3.52. The Hall–Kier alpha value is -1.43. The Labute approximate surface area is 101 Å². The van der Waals surface area contributed by atoms with E-state index in [2.05, 4.69) is 10.4 Å². The van der Waals surface area contributed by atoms with E-state index in [4.69, 9.17) is 5.11 Å². The summed E-state index contributed by atoms with van der Waals surface area (Å²) in [6.07, 6.45) is 0.652. The molecule has 1 aliphatic rings. The summed E-state index contributed by atoms with van der Waals surface area (Å²) < 4.78 is 0. The number of aliphatic hydroxyl groups excluding tert-OH is 1. The second-order valence-electron chi connectivity index (χ2n) is 4.47. The lowest BCUT2D eigenvalue weighted by atomic mass is 10.0. The molecule has 0 unspecified atom stereocenters. The van der Waals surface area contributed by atoms with E-state index in [9.17, 15) is 9.59 Å². The van der Waals surface area contributed by atoms with E-state index >= 15 is 0 Å². The molecule has 0 saturated carbocycles. The van der Waals surface area contributed by atoms with E-state index < -0.39 is 0 Å². The second-order valence-corrected chi connectivity index (χ2v) is 4.47. The number of nitrogens with zero attached hydrogens (tertiary/aromatic N) is 2. The minimum absolute atomic E-state index is 0.0934. The van der Waals surface area contributed by atoms with Crippen molar-refractivity contribution in [1.82, 2.24) is 10.3 Å². The Kier molecular flexibility index (Phi) is 4.62. The molecule has 2 amide bonds. The van der Waals surface area contributed by atoms with Crippen LogP contribution >= 0.6 is 0 Å². The minimum Gasteiger partial charge on any atom is -0.394 e. The molecule has 1 heterocycles. The number of hydrogen-bond donors (Lipinski definition) is 2. The van der Waals surface area contributed by atoms with Crippen LogP contribution in [0.4, 0.5) is 0 Å². The highest BCUT2D eigenvalue weighted by atomic mass is 16.3. The molecule has 0 aromatic heterocycles. The quantitative estimate of drug-likeness (QED) is 0.710. The predicted molar refractivity (Wildman–Crippen MR) is 63.3 cm³/mol. The minimum atomic E-state index is -0.308. The van der Waals surface area contributed by atoms with Gasteiger partial charge in [-0.05, 0) is 5.92 Å². The highest BCUT2D eigenvalue weighted by Gasteiger charge is 2.24. The first-order valence-corrected chi connectivity index (χ1v) is 5.71. The van der Waals surface area contributed by atoms with Crippen LogP contribution in [0.5, 0.6) is 0 Å². The Morgan fingerprint density at radius 2 is 2.18 bits per heavy atom. The zero-order valence-electron chi connectivity index (χ0n) is 10.4. The van der Waals surface area contributed by atoms with Crippen LogP contribution in [0.25, 0.3) is 0 Å². The highest BCUT2D eigenvalue weighted by Crippen LogP contribution is 2.08. The van der Waals surface area contributed by atoms with Gasteiger partial charge in [0.25, 0.3) is 5.91 Å². The van der Waals surface area contributed by atoms with Crippen molar-refractivity contribution in [3.8, 4) is 0 Å². The molecule has 1 atom stereocenters. The summed E-state index contributed by atoms with van der Waals surface area (Å²) in [5.41, 5.74) is 0.339. The largest absolute Gasteiger partial charge is 0.394 e. The van der Waals surface area contributed by atoms with Crippen molar-refractivity contribution in [2.45, 2.75) is 32.7 Å². The van der Waals surface area contributed by atoms with E-state index in [0.717, 1.165) is 0 Å². The molecule has 6 heteroatoms. The Balaban J connectivity index is 2.65. The lowest BCUT2D eigenvalue weighted by Crippen LogP contribution is -2.46. The van der Waals surface area contributed by atoms with Gasteiger partial charge in [0.2, 0.25) is 5.91 Å². The molecule has 0 radical (unpaired) electrons. The summed E-state index contributed by atoms with van der Waals surface area (Å²) in [6, 6.07) is -0.284. The number of nitrogens with one attached hydrogen (secondary N) is 1. The molecule has 0 aromatic rings. The fourth-order valence-corrected chi connectivity index (χ4v) is 1.51. The summed E-state index contributed by atoms with van der Waals surface area (Å²) in [6.45, 7) is 3.73. The average Bonchev–Trinajstić information content (AvgIpc) is 2.28. The van der Waals surface area contributed by atoms with Crippen molar-refractivity contribution >= 4 is 17.5 Å². The molecular weight excluding hydrogens is 222 g/mol. The van der Waals surface area contributed by atoms with Gasteiger partial charge in [-0.1, -0.05) is 13.8 Å². The molecule has 96 valence electrons. The van der Waals surface area contributed by atoms with Crippen molar-refractivity contribution in [1.29, 1.82) is 0 Å². The van der Waals surface area contributed by atoms with Crippen molar-refractivity contribution < 1.29 is 14.7 Å². The number of rotatable bonds is 4. The van der Waals surface area contributed by atoms with Gasteiger partial charge in [0.05, 0.1) is 12.6 Å². The average molecular weight is 241 g/mol. The molecule has 1 aliphatic heterocycles. The SMILES string of the molecule is CC(C)[C@@H](CO)NC(=O)C1=NN(C)C(=O)CC1. The lowest BCUT2D eigenvalue weighted by Gasteiger charge is -2.23. The molecule has 0 aromatic carbocycles. The molecule has 0 aliphatic carbocycles. The normalized spacial score (nSPS) is 18.1. The van der Waals surface area contributed by atoms with Gasteiger partial charge in [0, 0.05) is 19.9 Å². The van der Waals surface area contributed by atoms with Crippen molar-refractivity contribution in [2.24, 2.45) is 11.0 Å². The standard InChI is InChI=1S/C11H19N3O3/c1-7(2)9(6-15)12-11(17)8-4-5-10(16)14(3)13-8/h7,9,15H,4-6H2,1-3H3,(H,12,17)/t9-/m1/s1. The summed E-state index contributed by atoms with van der Waals surface area (Å²) in [5, 5.41) is 16.9. The van der Waals surface area contributed by atoms with Crippen molar-refractivity contribution in [3.05, 3.63) is 0 Å². The zero-order valence-corrected chi connectivity index (χ0v) is 10.4. The van der Waals surface area contributed by atoms with Crippen LogP contribution in [0.15, 0.2) is 5.10 Å². The Morgan fingerprint density at radius 3 is 2.65 bits per heavy atom. The summed E-state index contributed by atoms with van der Waals surface area (Å²) >= 11 is 0. The van der Waals surface area contributed by atoms with E-state index in [-0.39, 0.29) is 30.4 Å². The maximum Gasteiger partial charge on any atom is 0.267 e. The molecule has 0 saturated heterocycles. The van der Waals surface area contributed by atoms with Crippen LogP contribution in [-0.2, 0) is 9.59 Å². The maximum absolute atomic E-state index is 11.8. The first-order chi connectivity index (χ1) is 7.95. The number of hydrogen-bond acceptors (Lipinski definition) is 4. The fourth-order valence-electron chi connectivity index (χ4n) is 1.51.